The van der Waals surface area contributed by atoms with Crippen LogP contribution in [0.15, 0.2) is 59.5 Å². The molecule has 29 heavy (non-hydrogen) atoms. The number of hydrogen-bond donors (Lipinski definition) is 1. The molecule has 0 saturated heterocycles. The summed E-state index contributed by atoms with van der Waals surface area (Å²) in [6.45, 7) is 0.598. The summed E-state index contributed by atoms with van der Waals surface area (Å²) < 4.78 is 35.4. The predicted molar refractivity (Wildman–Crippen MR) is 101 cm³/mol. The van der Waals surface area contributed by atoms with Gasteiger partial charge in [-0.15, -0.1) is 0 Å². The number of nitrogens with zero attached hydrogens (tertiary/aromatic N) is 1. The molecule has 0 unspecified atom stereocenters. The predicted octanol–water partition coefficient (Wildman–Crippen LogP) is 1.79. The minimum atomic E-state index is -4.51. The summed E-state index contributed by atoms with van der Waals surface area (Å²) in [5.74, 6) is -1.11. The number of aliphatic hydroxyl groups is 1. The molecule has 0 saturated carbocycles. The molecule has 0 aliphatic heterocycles. The Kier molecular flexibility index (Phi) is 7.71. The molecule has 2 aromatic rings. The molecule has 0 spiro atoms. The van der Waals surface area contributed by atoms with Gasteiger partial charge in [-0.2, -0.15) is 0 Å². The lowest BCUT2D eigenvalue weighted by atomic mass is 10.2. The van der Waals surface area contributed by atoms with Crippen molar-refractivity contribution >= 4 is 22.1 Å². The van der Waals surface area contributed by atoms with Crippen molar-refractivity contribution in [3.63, 3.8) is 0 Å². The zero-order valence-electron chi connectivity index (χ0n) is 15.8. The number of rotatable bonds is 8. The second-order valence-corrected chi connectivity index (χ2v) is 7.69. The van der Waals surface area contributed by atoms with Crippen molar-refractivity contribution in [1.82, 2.24) is 4.47 Å². The Hall–Kier alpha value is -2.95. The van der Waals surface area contributed by atoms with E-state index in [1.54, 1.807) is 37.3 Å². The van der Waals surface area contributed by atoms with Gasteiger partial charge in [0.2, 0.25) is 0 Å². The molecule has 10 heteroatoms. The molecular weight excluding hydrogens is 402 g/mol. The maximum absolute atomic E-state index is 12.9. The van der Waals surface area contributed by atoms with Gasteiger partial charge in [0.1, 0.15) is 6.61 Å². The molecule has 0 aliphatic rings. The number of benzene rings is 2. The number of ether oxygens (including phenoxy) is 2. The second-order valence-electron chi connectivity index (χ2n) is 5.91. The maximum atomic E-state index is 12.9. The Morgan fingerprint density at radius 3 is 2.24 bits per heavy atom. The van der Waals surface area contributed by atoms with E-state index in [2.05, 4.69) is 4.74 Å². The van der Waals surface area contributed by atoms with Gasteiger partial charge in [0.15, 0.2) is 6.04 Å². The third-order valence-electron chi connectivity index (χ3n) is 3.82. The van der Waals surface area contributed by atoms with Crippen molar-refractivity contribution in [2.75, 3.05) is 13.7 Å². The summed E-state index contributed by atoms with van der Waals surface area (Å²) in [6.07, 6.45) is -1.37. The number of methoxy groups -OCH3 is 1. The number of hydroxylamine groups is 1. The van der Waals surface area contributed by atoms with Crippen LogP contribution in [0.1, 0.15) is 11.1 Å². The van der Waals surface area contributed by atoms with Crippen molar-refractivity contribution < 1.29 is 37.4 Å². The maximum Gasteiger partial charge on any atom is 0.529 e. The number of aliphatic hydroxyl groups excluding tert-OH is 1. The summed E-state index contributed by atoms with van der Waals surface area (Å²) in [6, 6.07) is 12.4. The SMILES string of the molecule is COC(=O)[C@H](CO)N(OC(=O)OCc1ccccc1)S(=O)(=O)c1ccc(C)cc1. The number of carbonyl (C=O) groups is 2. The molecule has 9 nitrogen and oxygen atoms in total. The standard InChI is InChI=1S/C19H21NO8S/c1-14-8-10-16(11-9-14)29(24,25)20(17(12-21)18(22)26-2)28-19(23)27-13-15-6-4-3-5-7-15/h3-11,17,21H,12-13H2,1-2H3/t17-/m0/s1. The van der Waals surface area contributed by atoms with Crippen molar-refractivity contribution in [1.29, 1.82) is 0 Å². The average Bonchev–Trinajstić information content (AvgIpc) is 2.72. The monoisotopic (exact) mass is 423 g/mol. The van der Waals surface area contributed by atoms with Crippen LogP contribution in [0.25, 0.3) is 0 Å². The molecule has 156 valence electrons. The van der Waals surface area contributed by atoms with Crippen LogP contribution in [-0.2, 0) is 35.7 Å². The number of sulfonamides is 1. The summed E-state index contributed by atoms with van der Waals surface area (Å²) in [7, 11) is -3.50. The topological polar surface area (TPSA) is 119 Å². The highest BCUT2D eigenvalue weighted by Gasteiger charge is 2.40. The zero-order valence-corrected chi connectivity index (χ0v) is 16.7. The van der Waals surface area contributed by atoms with E-state index in [1.807, 2.05) is 0 Å². The van der Waals surface area contributed by atoms with E-state index in [4.69, 9.17) is 9.57 Å². The molecule has 0 aromatic heterocycles. The normalized spacial score (nSPS) is 12.3. The lowest BCUT2D eigenvalue weighted by Gasteiger charge is -2.25. The number of hydrogen-bond acceptors (Lipinski definition) is 8. The van der Waals surface area contributed by atoms with Gasteiger partial charge in [-0.3, -0.25) is 4.79 Å². The molecule has 2 rings (SSSR count). The Morgan fingerprint density at radius 1 is 1.07 bits per heavy atom. The van der Waals surface area contributed by atoms with Crippen LogP contribution >= 0.6 is 0 Å². The van der Waals surface area contributed by atoms with E-state index < -0.39 is 34.8 Å². The van der Waals surface area contributed by atoms with Gasteiger partial charge in [-0.25, -0.2) is 13.2 Å². The van der Waals surface area contributed by atoms with Gasteiger partial charge >= 0.3 is 12.1 Å². The number of aryl methyl sites for hydroxylation is 1. The average molecular weight is 423 g/mol. The van der Waals surface area contributed by atoms with E-state index in [-0.39, 0.29) is 16.0 Å². The molecule has 0 bridgehead atoms. The summed E-state index contributed by atoms with van der Waals surface area (Å²) in [5.41, 5.74) is 1.44. The van der Waals surface area contributed by atoms with Crippen LogP contribution in [0.3, 0.4) is 0 Å². The highest BCUT2D eigenvalue weighted by atomic mass is 32.2. The molecule has 0 amide bonds. The van der Waals surface area contributed by atoms with Crippen molar-refractivity contribution in [3.05, 3.63) is 65.7 Å². The van der Waals surface area contributed by atoms with E-state index in [0.717, 1.165) is 12.7 Å². The minimum Gasteiger partial charge on any atom is -0.468 e. The third-order valence-corrected chi connectivity index (χ3v) is 5.49. The summed E-state index contributed by atoms with van der Waals surface area (Å²) in [4.78, 5) is 28.6. The molecular formula is C19H21NO8S. The first-order valence-corrected chi connectivity index (χ1v) is 9.92. The van der Waals surface area contributed by atoms with E-state index in [9.17, 15) is 23.1 Å². The zero-order chi connectivity index (χ0) is 21.4. The fourth-order valence-electron chi connectivity index (χ4n) is 2.27. The van der Waals surface area contributed by atoms with Crippen LogP contribution in [-0.4, -0.2) is 49.9 Å². The fourth-order valence-corrected chi connectivity index (χ4v) is 3.61. The van der Waals surface area contributed by atoms with Gasteiger partial charge in [0.05, 0.1) is 18.6 Å². The fraction of sp³-hybridized carbons (Fsp3) is 0.263. The van der Waals surface area contributed by atoms with Crippen LogP contribution in [0.5, 0.6) is 0 Å². The number of esters is 1. The molecule has 0 aliphatic carbocycles. The van der Waals surface area contributed by atoms with Gasteiger partial charge in [-0.05, 0) is 29.1 Å². The van der Waals surface area contributed by atoms with Crippen LogP contribution in [0, 0.1) is 6.92 Å². The molecule has 2 aromatic carbocycles. The van der Waals surface area contributed by atoms with E-state index in [1.165, 1.54) is 24.3 Å². The van der Waals surface area contributed by atoms with Gasteiger partial charge < -0.3 is 19.4 Å². The first-order chi connectivity index (χ1) is 13.8. The summed E-state index contributed by atoms with van der Waals surface area (Å²) in [5, 5.41) is 9.53. The molecule has 0 radical (unpaired) electrons. The van der Waals surface area contributed by atoms with Crippen molar-refractivity contribution in [2.45, 2.75) is 24.5 Å². The lowest BCUT2D eigenvalue weighted by molar-refractivity contribution is -0.161. The molecule has 1 N–H and O–H groups in total. The quantitative estimate of drug-likeness (QED) is 0.504. The van der Waals surface area contributed by atoms with Crippen molar-refractivity contribution in [3.8, 4) is 0 Å². The van der Waals surface area contributed by atoms with Gasteiger partial charge in [0, 0.05) is 0 Å². The first-order valence-electron chi connectivity index (χ1n) is 8.48. The Morgan fingerprint density at radius 2 is 1.69 bits per heavy atom. The number of carbonyl (C=O) groups excluding carboxylic acids is 2. The van der Waals surface area contributed by atoms with E-state index >= 15 is 0 Å². The van der Waals surface area contributed by atoms with Gasteiger partial charge in [-0.1, -0.05) is 48.0 Å². The highest BCUT2D eigenvalue weighted by Crippen LogP contribution is 2.21. The molecule has 0 fully saturated rings. The van der Waals surface area contributed by atoms with Gasteiger partial charge in [0.25, 0.3) is 10.0 Å². The van der Waals surface area contributed by atoms with E-state index in [0.29, 0.717) is 5.56 Å². The Balaban J connectivity index is 2.28. The lowest BCUT2D eigenvalue weighted by Crippen LogP contribution is -2.48. The van der Waals surface area contributed by atoms with Crippen LogP contribution < -0.4 is 0 Å². The van der Waals surface area contributed by atoms with Crippen LogP contribution in [0.4, 0.5) is 4.79 Å². The summed E-state index contributed by atoms with van der Waals surface area (Å²) >= 11 is 0. The second kappa shape index (κ2) is 10.0. The minimum absolute atomic E-state index is 0.0941. The molecule has 0 heterocycles. The Bertz CT molecular complexity index is 928. The third kappa shape index (κ3) is 5.76. The van der Waals surface area contributed by atoms with Crippen LogP contribution in [0.2, 0.25) is 0 Å². The van der Waals surface area contributed by atoms with Crippen molar-refractivity contribution in [2.24, 2.45) is 0 Å². The molecule has 1 atom stereocenters. The largest absolute Gasteiger partial charge is 0.529 e. The highest BCUT2D eigenvalue weighted by molar-refractivity contribution is 7.89. The Labute approximate surface area is 168 Å². The first kappa shape index (κ1) is 22.3. The smallest absolute Gasteiger partial charge is 0.468 e.